The van der Waals surface area contributed by atoms with E-state index in [1.165, 1.54) is 16.7 Å². The highest BCUT2D eigenvalue weighted by molar-refractivity contribution is 5.58. The first kappa shape index (κ1) is 14.2. The molecule has 0 aromatic heterocycles. The summed E-state index contributed by atoms with van der Waals surface area (Å²) in [5.74, 6) is 1.68. The van der Waals surface area contributed by atoms with Gasteiger partial charge >= 0.3 is 0 Å². The lowest BCUT2D eigenvalue weighted by Crippen LogP contribution is -2.41. The Morgan fingerprint density at radius 3 is 2.72 bits per heavy atom. The van der Waals surface area contributed by atoms with E-state index in [-0.39, 0.29) is 11.7 Å². The van der Waals surface area contributed by atoms with Gasteiger partial charge in [-0.05, 0) is 54.5 Å². The fraction of sp³-hybridized carbons (Fsp3) is 0.429. The molecule has 0 radical (unpaired) electrons. The van der Waals surface area contributed by atoms with Gasteiger partial charge in [-0.2, -0.15) is 0 Å². The lowest BCUT2D eigenvalue weighted by Gasteiger charge is -2.31. The summed E-state index contributed by atoms with van der Waals surface area (Å²) in [6, 6.07) is 14.9. The van der Waals surface area contributed by atoms with Crippen LogP contribution in [0.2, 0.25) is 0 Å². The fourth-order valence-corrected chi connectivity index (χ4v) is 5.16. The molecule has 2 aromatic carbocycles. The Hall–Kier alpha value is -2.04. The quantitative estimate of drug-likeness (QED) is 0.747. The minimum absolute atomic E-state index is 0.144. The Kier molecular flexibility index (Phi) is 2.70. The Bertz CT molecular complexity index is 848. The number of hydrogen-bond acceptors (Lipinski definition) is 4. The molecule has 3 heterocycles. The van der Waals surface area contributed by atoms with Gasteiger partial charge in [0.1, 0.15) is 5.60 Å². The molecule has 6 rings (SSSR count). The monoisotopic (exact) mass is 336 g/mol. The predicted octanol–water partition coefficient (Wildman–Crippen LogP) is 3.55. The molecular formula is C21H20O4. The van der Waals surface area contributed by atoms with Crippen LogP contribution in [-0.2, 0) is 21.5 Å². The molecule has 1 aliphatic carbocycles. The van der Waals surface area contributed by atoms with Crippen LogP contribution in [-0.4, -0.2) is 25.1 Å². The summed E-state index contributed by atoms with van der Waals surface area (Å²) in [6.07, 6.45) is 4.20. The summed E-state index contributed by atoms with van der Waals surface area (Å²) in [4.78, 5) is 0. The van der Waals surface area contributed by atoms with Crippen molar-refractivity contribution in [1.82, 2.24) is 0 Å². The SMILES string of the molecule is c1ccc([C@@]23OC24CCCOC4CCc2cc4c(cc23)OCO4)cc1. The van der Waals surface area contributed by atoms with Crippen molar-refractivity contribution >= 4 is 0 Å². The Morgan fingerprint density at radius 1 is 1.00 bits per heavy atom. The second kappa shape index (κ2) is 4.77. The van der Waals surface area contributed by atoms with E-state index in [0.717, 1.165) is 43.8 Å². The van der Waals surface area contributed by atoms with Crippen molar-refractivity contribution in [2.45, 2.75) is 43.0 Å². The van der Waals surface area contributed by atoms with Gasteiger partial charge in [0.25, 0.3) is 0 Å². The first-order valence-electron chi connectivity index (χ1n) is 9.14. The number of fused-ring (bicyclic) bond motifs is 3. The first-order chi connectivity index (χ1) is 12.3. The molecule has 2 unspecified atom stereocenters. The van der Waals surface area contributed by atoms with Crippen LogP contribution < -0.4 is 9.47 Å². The molecule has 2 fully saturated rings. The second-order valence-electron chi connectivity index (χ2n) is 7.40. The summed E-state index contributed by atoms with van der Waals surface area (Å²) in [5.41, 5.74) is 3.07. The minimum Gasteiger partial charge on any atom is -0.454 e. The number of rotatable bonds is 1. The number of epoxide rings is 1. The summed E-state index contributed by atoms with van der Waals surface area (Å²) < 4.78 is 24.2. The molecule has 0 saturated carbocycles. The molecule has 0 bridgehead atoms. The van der Waals surface area contributed by atoms with Gasteiger partial charge in [-0.3, -0.25) is 0 Å². The van der Waals surface area contributed by atoms with E-state index in [9.17, 15) is 0 Å². The van der Waals surface area contributed by atoms with Gasteiger partial charge in [-0.25, -0.2) is 0 Å². The summed E-state index contributed by atoms with van der Waals surface area (Å²) in [5, 5.41) is 0. The van der Waals surface area contributed by atoms with Gasteiger partial charge in [0.05, 0.1) is 6.10 Å². The highest BCUT2D eigenvalue weighted by atomic mass is 16.7. The zero-order valence-electron chi connectivity index (χ0n) is 14.0. The number of ether oxygens (including phenoxy) is 4. The third kappa shape index (κ3) is 1.69. The molecule has 128 valence electrons. The smallest absolute Gasteiger partial charge is 0.231 e. The number of aryl methyl sites for hydroxylation is 1. The average Bonchev–Trinajstić information content (AvgIpc) is 3.11. The van der Waals surface area contributed by atoms with Crippen molar-refractivity contribution in [1.29, 1.82) is 0 Å². The van der Waals surface area contributed by atoms with Gasteiger partial charge in [-0.1, -0.05) is 30.3 Å². The molecule has 4 nitrogen and oxygen atoms in total. The lowest BCUT2D eigenvalue weighted by atomic mass is 9.75. The normalized spacial score (nSPS) is 34.5. The molecule has 2 saturated heterocycles. The summed E-state index contributed by atoms with van der Waals surface area (Å²) in [7, 11) is 0. The minimum atomic E-state index is -0.424. The molecule has 1 spiro atoms. The van der Waals surface area contributed by atoms with Gasteiger partial charge in [0, 0.05) is 6.61 Å². The maximum Gasteiger partial charge on any atom is 0.231 e. The predicted molar refractivity (Wildman–Crippen MR) is 90.9 cm³/mol. The van der Waals surface area contributed by atoms with Crippen molar-refractivity contribution in [3.8, 4) is 11.5 Å². The van der Waals surface area contributed by atoms with Crippen molar-refractivity contribution in [2.24, 2.45) is 0 Å². The Morgan fingerprint density at radius 2 is 1.84 bits per heavy atom. The standard InChI is InChI=1S/C21H20O4/c1-2-5-15(6-3-1)21-16-12-18-17(23-13-24-18)11-14(16)7-8-19-20(21,25-21)9-4-10-22-19/h1-3,5-6,11-12,19H,4,7-10,13H2/t19?,20?,21-/m0/s1. The van der Waals surface area contributed by atoms with E-state index >= 15 is 0 Å². The molecule has 3 aliphatic heterocycles. The highest BCUT2D eigenvalue weighted by Crippen LogP contribution is 2.68. The molecule has 2 aromatic rings. The van der Waals surface area contributed by atoms with Gasteiger partial charge in [-0.15, -0.1) is 0 Å². The van der Waals surface area contributed by atoms with Crippen LogP contribution in [0.25, 0.3) is 0 Å². The molecule has 3 atom stereocenters. The molecule has 0 amide bonds. The van der Waals surface area contributed by atoms with Crippen molar-refractivity contribution in [3.05, 3.63) is 59.2 Å². The first-order valence-corrected chi connectivity index (χ1v) is 9.14. The van der Waals surface area contributed by atoms with Gasteiger partial charge in [0.15, 0.2) is 17.1 Å². The molecule has 25 heavy (non-hydrogen) atoms. The Balaban J connectivity index is 1.61. The van der Waals surface area contributed by atoms with Gasteiger partial charge < -0.3 is 18.9 Å². The maximum atomic E-state index is 6.69. The van der Waals surface area contributed by atoms with E-state index in [1.807, 2.05) is 0 Å². The fourth-order valence-electron chi connectivity index (χ4n) is 5.16. The van der Waals surface area contributed by atoms with E-state index in [1.54, 1.807) is 0 Å². The van der Waals surface area contributed by atoms with Gasteiger partial charge in [0.2, 0.25) is 6.79 Å². The Labute approximate surface area is 146 Å². The third-order valence-corrected chi connectivity index (χ3v) is 6.26. The van der Waals surface area contributed by atoms with E-state index < -0.39 is 5.60 Å². The van der Waals surface area contributed by atoms with Crippen LogP contribution in [0.1, 0.15) is 36.0 Å². The highest BCUT2D eigenvalue weighted by Gasteiger charge is 2.76. The van der Waals surface area contributed by atoms with Crippen LogP contribution in [0, 0.1) is 0 Å². The van der Waals surface area contributed by atoms with Crippen molar-refractivity contribution < 1.29 is 18.9 Å². The molecule has 0 N–H and O–H groups in total. The lowest BCUT2D eigenvalue weighted by molar-refractivity contribution is -0.0460. The zero-order valence-corrected chi connectivity index (χ0v) is 14.0. The topological polar surface area (TPSA) is 40.2 Å². The molecule has 4 heteroatoms. The second-order valence-corrected chi connectivity index (χ2v) is 7.40. The largest absolute Gasteiger partial charge is 0.454 e. The summed E-state index contributed by atoms with van der Waals surface area (Å²) in [6.45, 7) is 1.13. The van der Waals surface area contributed by atoms with Crippen LogP contribution in [0.15, 0.2) is 42.5 Å². The molecule has 4 aliphatic rings. The number of hydrogen-bond donors (Lipinski definition) is 0. The van der Waals surface area contributed by atoms with Crippen molar-refractivity contribution in [2.75, 3.05) is 13.4 Å². The zero-order chi connectivity index (χ0) is 16.5. The van der Waals surface area contributed by atoms with Crippen LogP contribution >= 0.6 is 0 Å². The third-order valence-electron chi connectivity index (χ3n) is 6.26. The van der Waals surface area contributed by atoms with Crippen molar-refractivity contribution in [3.63, 3.8) is 0 Å². The number of benzene rings is 2. The van der Waals surface area contributed by atoms with E-state index in [2.05, 4.69) is 42.5 Å². The van der Waals surface area contributed by atoms with Crippen LogP contribution in [0.4, 0.5) is 0 Å². The van der Waals surface area contributed by atoms with Crippen LogP contribution in [0.5, 0.6) is 11.5 Å². The summed E-state index contributed by atoms with van der Waals surface area (Å²) >= 11 is 0. The van der Waals surface area contributed by atoms with E-state index in [0.29, 0.717) is 6.79 Å². The van der Waals surface area contributed by atoms with Crippen LogP contribution in [0.3, 0.4) is 0 Å². The average molecular weight is 336 g/mol. The maximum absolute atomic E-state index is 6.69. The molecular weight excluding hydrogens is 316 g/mol. The van der Waals surface area contributed by atoms with E-state index in [4.69, 9.17) is 18.9 Å².